The lowest BCUT2D eigenvalue weighted by Gasteiger charge is -2.10. The second kappa shape index (κ2) is 14.2. The van der Waals surface area contributed by atoms with Crippen LogP contribution in [0.1, 0.15) is 33.4 Å². The predicted octanol–water partition coefficient (Wildman–Crippen LogP) is 7.35. The number of rotatable bonds is 14. The zero-order chi connectivity index (χ0) is 25.7. The maximum Gasteiger partial charge on any atom is 0.119 e. The van der Waals surface area contributed by atoms with E-state index >= 15 is 0 Å². The summed E-state index contributed by atoms with van der Waals surface area (Å²) in [6.45, 7) is 6.37. The second-order valence-electron chi connectivity index (χ2n) is 9.57. The molecule has 4 rings (SSSR count). The fourth-order valence-electron chi connectivity index (χ4n) is 4.13. The minimum Gasteiger partial charge on any atom is -0.491 e. The molecule has 0 radical (unpaired) electrons. The lowest BCUT2D eigenvalue weighted by Crippen LogP contribution is -2.12. The SMILES string of the molecule is Cc1ccc(CCc2ccc(OCCOCCOc3ccc(CCc4ccc(C)cc4)cc3)cc2)cc1. The van der Waals surface area contributed by atoms with Gasteiger partial charge in [-0.25, -0.2) is 0 Å². The molecule has 3 nitrogen and oxygen atoms in total. The summed E-state index contributed by atoms with van der Waals surface area (Å²) in [7, 11) is 0. The molecule has 0 aliphatic heterocycles. The number of hydrogen-bond acceptors (Lipinski definition) is 3. The highest BCUT2D eigenvalue weighted by Gasteiger charge is 2.01. The van der Waals surface area contributed by atoms with Gasteiger partial charge in [-0.3, -0.25) is 0 Å². The molecule has 0 unspecified atom stereocenters. The predicted molar refractivity (Wildman–Crippen MR) is 152 cm³/mol. The Balaban J connectivity index is 1.05. The summed E-state index contributed by atoms with van der Waals surface area (Å²) in [6.07, 6.45) is 4.16. The van der Waals surface area contributed by atoms with Crippen LogP contribution in [0.2, 0.25) is 0 Å². The largest absolute Gasteiger partial charge is 0.491 e. The summed E-state index contributed by atoms with van der Waals surface area (Å²) in [4.78, 5) is 0. The van der Waals surface area contributed by atoms with Gasteiger partial charge in [0.25, 0.3) is 0 Å². The van der Waals surface area contributed by atoms with Gasteiger partial charge in [-0.15, -0.1) is 0 Å². The Hall–Kier alpha value is -3.56. The molecule has 0 saturated heterocycles. The smallest absolute Gasteiger partial charge is 0.119 e. The number of hydrogen-bond donors (Lipinski definition) is 0. The Kier molecular flexibility index (Phi) is 10.2. The van der Waals surface area contributed by atoms with Crippen LogP contribution in [-0.4, -0.2) is 26.4 Å². The first-order chi connectivity index (χ1) is 18.1. The topological polar surface area (TPSA) is 27.7 Å². The van der Waals surface area contributed by atoms with Gasteiger partial charge in [0.05, 0.1) is 13.2 Å². The van der Waals surface area contributed by atoms with Crippen LogP contribution in [0.4, 0.5) is 0 Å². The Bertz CT molecular complexity index is 1080. The molecule has 0 heterocycles. The van der Waals surface area contributed by atoms with Gasteiger partial charge in [-0.1, -0.05) is 83.9 Å². The highest BCUT2D eigenvalue weighted by atomic mass is 16.5. The van der Waals surface area contributed by atoms with Gasteiger partial charge in [-0.2, -0.15) is 0 Å². The van der Waals surface area contributed by atoms with E-state index in [0.29, 0.717) is 26.4 Å². The third-order valence-electron chi connectivity index (χ3n) is 6.49. The summed E-state index contributed by atoms with van der Waals surface area (Å²) in [5.74, 6) is 1.75. The molecule has 0 bridgehead atoms. The lowest BCUT2D eigenvalue weighted by molar-refractivity contribution is 0.0764. The van der Waals surface area contributed by atoms with Crippen LogP contribution in [0.25, 0.3) is 0 Å². The van der Waals surface area contributed by atoms with Gasteiger partial charge in [0.1, 0.15) is 24.7 Å². The van der Waals surface area contributed by atoms with Crippen molar-refractivity contribution < 1.29 is 14.2 Å². The highest BCUT2D eigenvalue weighted by Crippen LogP contribution is 2.16. The molecule has 0 aliphatic rings. The van der Waals surface area contributed by atoms with Crippen molar-refractivity contribution in [1.82, 2.24) is 0 Å². The van der Waals surface area contributed by atoms with Crippen molar-refractivity contribution in [3.63, 3.8) is 0 Å². The van der Waals surface area contributed by atoms with Crippen molar-refractivity contribution in [3.8, 4) is 11.5 Å². The molecule has 0 aromatic heterocycles. The molecule has 0 saturated carbocycles. The van der Waals surface area contributed by atoms with Crippen molar-refractivity contribution in [2.24, 2.45) is 0 Å². The van der Waals surface area contributed by atoms with E-state index in [0.717, 1.165) is 37.2 Å². The summed E-state index contributed by atoms with van der Waals surface area (Å²) in [5.41, 5.74) is 7.99. The zero-order valence-electron chi connectivity index (χ0n) is 22.1. The van der Waals surface area contributed by atoms with E-state index in [4.69, 9.17) is 14.2 Å². The molecular weight excluding hydrogens is 456 g/mol. The van der Waals surface area contributed by atoms with Crippen LogP contribution in [0.15, 0.2) is 97.1 Å². The Morgan fingerprint density at radius 3 is 1.00 bits per heavy atom. The van der Waals surface area contributed by atoms with E-state index in [9.17, 15) is 0 Å². The average Bonchev–Trinajstić information content (AvgIpc) is 2.93. The summed E-state index contributed by atoms with van der Waals surface area (Å²) < 4.78 is 17.3. The number of aryl methyl sites for hydroxylation is 6. The lowest BCUT2D eigenvalue weighted by atomic mass is 10.0. The Morgan fingerprint density at radius 1 is 0.378 bits per heavy atom. The standard InChI is InChI=1S/C34H38O3/c1-27-3-7-29(8-4-27)11-13-31-15-19-33(20-16-31)36-25-23-35-24-26-37-34-21-17-32(18-22-34)14-12-30-9-5-28(2)6-10-30/h3-10,15-22H,11-14,23-26H2,1-2H3. The first kappa shape index (κ1) is 26.5. The molecule has 0 fully saturated rings. The summed E-state index contributed by atoms with van der Waals surface area (Å²) in [6, 6.07) is 34.3. The maximum absolute atomic E-state index is 5.81. The van der Waals surface area contributed by atoms with Crippen LogP contribution in [0, 0.1) is 13.8 Å². The highest BCUT2D eigenvalue weighted by molar-refractivity contribution is 5.30. The van der Waals surface area contributed by atoms with E-state index in [-0.39, 0.29) is 0 Å². The Labute approximate surface area is 222 Å². The van der Waals surface area contributed by atoms with Gasteiger partial charge in [0.15, 0.2) is 0 Å². The van der Waals surface area contributed by atoms with Crippen molar-refractivity contribution in [1.29, 1.82) is 0 Å². The monoisotopic (exact) mass is 494 g/mol. The van der Waals surface area contributed by atoms with E-state index in [1.807, 2.05) is 24.3 Å². The van der Waals surface area contributed by atoms with Gasteiger partial charge in [-0.05, 0) is 86.1 Å². The molecule has 0 amide bonds. The van der Waals surface area contributed by atoms with E-state index in [2.05, 4.69) is 86.6 Å². The third-order valence-corrected chi connectivity index (χ3v) is 6.49. The van der Waals surface area contributed by atoms with Gasteiger partial charge in [0, 0.05) is 0 Å². The molecule has 3 heteroatoms. The molecule has 0 N–H and O–H groups in total. The van der Waals surface area contributed by atoms with Crippen LogP contribution < -0.4 is 9.47 Å². The van der Waals surface area contributed by atoms with Crippen molar-refractivity contribution in [2.45, 2.75) is 39.5 Å². The summed E-state index contributed by atoms with van der Waals surface area (Å²) >= 11 is 0. The first-order valence-electron chi connectivity index (χ1n) is 13.3. The van der Waals surface area contributed by atoms with Gasteiger partial charge in [0.2, 0.25) is 0 Å². The van der Waals surface area contributed by atoms with Crippen LogP contribution in [0.3, 0.4) is 0 Å². The second-order valence-corrected chi connectivity index (χ2v) is 9.57. The quantitative estimate of drug-likeness (QED) is 0.172. The zero-order valence-corrected chi connectivity index (χ0v) is 22.1. The molecule has 37 heavy (non-hydrogen) atoms. The van der Waals surface area contributed by atoms with Crippen LogP contribution in [0.5, 0.6) is 11.5 Å². The minimum atomic E-state index is 0.526. The first-order valence-corrected chi connectivity index (χ1v) is 13.3. The fraction of sp³-hybridized carbons (Fsp3) is 0.294. The number of benzene rings is 4. The fourth-order valence-corrected chi connectivity index (χ4v) is 4.13. The molecule has 4 aromatic carbocycles. The van der Waals surface area contributed by atoms with Crippen molar-refractivity contribution in [2.75, 3.05) is 26.4 Å². The third kappa shape index (κ3) is 9.44. The molecule has 192 valence electrons. The maximum atomic E-state index is 5.81. The van der Waals surface area contributed by atoms with Crippen LogP contribution >= 0.6 is 0 Å². The van der Waals surface area contributed by atoms with Crippen molar-refractivity contribution >= 4 is 0 Å². The number of ether oxygens (including phenoxy) is 3. The van der Waals surface area contributed by atoms with Gasteiger partial charge >= 0.3 is 0 Å². The normalized spacial score (nSPS) is 10.9. The Morgan fingerprint density at radius 2 is 0.676 bits per heavy atom. The molecule has 0 aliphatic carbocycles. The van der Waals surface area contributed by atoms with E-state index < -0.39 is 0 Å². The molecular formula is C34H38O3. The molecule has 0 spiro atoms. The van der Waals surface area contributed by atoms with E-state index in [1.54, 1.807) is 0 Å². The summed E-state index contributed by atoms with van der Waals surface area (Å²) in [5, 5.41) is 0. The minimum absolute atomic E-state index is 0.526. The van der Waals surface area contributed by atoms with Crippen molar-refractivity contribution in [3.05, 3.63) is 130 Å². The molecule has 4 aromatic rings. The molecule has 0 atom stereocenters. The van der Waals surface area contributed by atoms with E-state index in [1.165, 1.54) is 33.4 Å². The van der Waals surface area contributed by atoms with Crippen LogP contribution in [-0.2, 0) is 30.4 Å². The average molecular weight is 495 g/mol. The van der Waals surface area contributed by atoms with Gasteiger partial charge < -0.3 is 14.2 Å².